The highest BCUT2D eigenvalue weighted by Crippen LogP contribution is 2.22. The van der Waals surface area contributed by atoms with E-state index in [1.54, 1.807) is 0 Å². The van der Waals surface area contributed by atoms with E-state index in [1.165, 1.54) is 25.3 Å². The van der Waals surface area contributed by atoms with Crippen LogP contribution >= 0.6 is 11.6 Å². The van der Waals surface area contributed by atoms with Gasteiger partial charge in [-0.2, -0.15) is 0 Å². The van der Waals surface area contributed by atoms with Crippen LogP contribution in [0.1, 0.15) is 16.8 Å². The lowest BCUT2D eigenvalue weighted by molar-refractivity contribution is -0.123. The second kappa shape index (κ2) is 6.88. The molecule has 0 aliphatic carbocycles. The van der Waals surface area contributed by atoms with E-state index in [0.717, 1.165) is 0 Å². The van der Waals surface area contributed by atoms with Crippen molar-refractivity contribution in [2.45, 2.75) is 12.5 Å². The zero-order valence-electron chi connectivity index (χ0n) is 10.7. The molecule has 0 radical (unpaired) electrons. The minimum atomic E-state index is -1.11. The van der Waals surface area contributed by atoms with Crippen molar-refractivity contribution in [2.24, 2.45) is 11.5 Å². The molecular weight excluding hydrogens is 286 g/mol. The second-order valence-corrected chi connectivity index (χ2v) is 4.38. The van der Waals surface area contributed by atoms with Gasteiger partial charge in [-0.3, -0.25) is 9.59 Å². The minimum Gasteiger partial charge on any atom is -0.465 e. The number of hydrogen-bond donors (Lipinski definition) is 3. The van der Waals surface area contributed by atoms with E-state index < -0.39 is 23.8 Å². The number of rotatable bonds is 5. The van der Waals surface area contributed by atoms with Crippen LogP contribution in [0, 0.1) is 0 Å². The Hall–Kier alpha value is -2.12. The molecule has 0 fully saturated rings. The molecule has 1 atom stereocenters. The molecule has 1 aromatic carbocycles. The van der Waals surface area contributed by atoms with E-state index in [-0.39, 0.29) is 17.7 Å². The normalized spacial score (nSPS) is 11.6. The molecule has 8 heteroatoms. The molecule has 1 aromatic rings. The van der Waals surface area contributed by atoms with Crippen LogP contribution in [0.15, 0.2) is 18.2 Å². The molecule has 0 aliphatic rings. The number of primary amides is 1. The lowest BCUT2D eigenvalue weighted by Gasteiger charge is -2.13. The maximum atomic E-state index is 11.8. The van der Waals surface area contributed by atoms with Crippen LogP contribution in [-0.2, 0) is 14.3 Å². The van der Waals surface area contributed by atoms with Crippen LogP contribution in [0.25, 0.3) is 0 Å². The summed E-state index contributed by atoms with van der Waals surface area (Å²) in [6, 6.07) is 3.15. The summed E-state index contributed by atoms with van der Waals surface area (Å²) in [7, 11) is 1.21. The van der Waals surface area contributed by atoms with Gasteiger partial charge in [0, 0.05) is 5.02 Å². The standard InChI is InChI=1S/C12H14ClN3O4/c1-20-12(19)7-3-2-6(13)4-9(7)16-11(18)8(14)5-10(15)17/h2-4,8H,5,14H2,1H3,(H2,15,17)(H,16,18). The molecule has 0 saturated carbocycles. The zero-order chi connectivity index (χ0) is 15.3. The highest BCUT2D eigenvalue weighted by atomic mass is 35.5. The van der Waals surface area contributed by atoms with Gasteiger partial charge in [0.15, 0.2) is 0 Å². The molecule has 20 heavy (non-hydrogen) atoms. The van der Waals surface area contributed by atoms with Crippen LogP contribution in [-0.4, -0.2) is 30.9 Å². The lowest BCUT2D eigenvalue weighted by Crippen LogP contribution is -2.39. The van der Waals surface area contributed by atoms with Crippen LogP contribution in [0.4, 0.5) is 5.69 Å². The van der Waals surface area contributed by atoms with Gasteiger partial charge in [0.25, 0.3) is 0 Å². The van der Waals surface area contributed by atoms with Crippen LogP contribution in [0.5, 0.6) is 0 Å². The fraction of sp³-hybridized carbons (Fsp3) is 0.250. The van der Waals surface area contributed by atoms with Crippen molar-refractivity contribution in [3.8, 4) is 0 Å². The molecule has 0 aromatic heterocycles. The van der Waals surface area contributed by atoms with Crippen LogP contribution in [0.2, 0.25) is 5.02 Å². The number of carbonyl (C=O) groups is 3. The van der Waals surface area contributed by atoms with Gasteiger partial charge < -0.3 is 21.5 Å². The van der Waals surface area contributed by atoms with Gasteiger partial charge in [-0.15, -0.1) is 0 Å². The van der Waals surface area contributed by atoms with E-state index >= 15 is 0 Å². The van der Waals surface area contributed by atoms with Gasteiger partial charge in [-0.1, -0.05) is 11.6 Å². The average molecular weight is 300 g/mol. The molecule has 0 spiro atoms. The van der Waals surface area contributed by atoms with E-state index in [1.807, 2.05) is 0 Å². The summed E-state index contributed by atoms with van der Waals surface area (Å²) >= 11 is 5.80. The molecule has 0 bridgehead atoms. The summed E-state index contributed by atoms with van der Waals surface area (Å²) < 4.78 is 4.58. The maximum absolute atomic E-state index is 11.8. The first-order valence-electron chi connectivity index (χ1n) is 5.57. The van der Waals surface area contributed by atoms with Crippen LogP contribution in [0.3, 0.4) is 0 Å². The number of methoxy groups -OCH3 is 1. The summed E-state index contributed by atoms with van der Waals surface area (Å²) in [5.74, 6) is -2.00. The number of amides is 2. The Morgan fingerprint density at radius 3 is 2.60 bits per heavy atom. The van der Waals surface area contributed by atoms with Gasteiger partial charge >= 0.3 is 5.97 Å². The van der Waals surface area contributed by atoms with Gasteiger partial charge in [0.1, 0.15) is 0 Å². The number of esters is 1. The molecule has 7 nitrogen and oxygen atoms in total. The Kier molecular flexibility index (Phi) is 5.48. The zero-order valence-corrected chi connectivity index (χ0v) is 11.4. The first-order chi connectivity index (χ1) is 9.35. The van der Waals surface area contributed by atoms with Crippen molar-refractivity contribution < 1.29 is 19.1 Å². The SMILES string of the molecule is COC(=O)c1ccc(Cl)cc1NC(=O)C(N)CC(N)=O. The fourth-order valence-electron chi connectivity index (χ4n) is 1.44. The summed E-state index contributed by atoms with van der Waals surface area (Å²) in [5, 5.41) is 2.73. The molecule has 108 valence electrons. The van der Waals surface area contributed by atoms with Gasteiger partial charge in [0.05, 0.1) is 30.8 Å². The maximum Gasteiger partial charge on any atom is 0.339 e. The molecule has 1 rings (SSSR count). The number of nitrogens with one attached hydrogen (secondary N) is 1. The number of anilines is 1. The van der Waals surface area contributed by atoms with Crippen molar-refractivity contribution in [3.05, 3.63) is 28.8 Å². The van der Waals surface area contributed by atoms with E-state index in [0.29, 0.717) is 5.02 Å². The number of benzene rings is 1. The number of halogens is 1. The molecule has 0 aliphatic heterocycles. The first kappa shape index (κ1) is 15.9. The van der Waals surface area contributed by atoms with E-state index in [2.05, 4.69) is 10.1 Å². The third-order valence-corrected chi connectivity index (χ3v) is 2.64. The van der Waals surface area contributed by atoms with Crippen molar-refractivity contribution in [1.29, 1.82) is 0 Å². The van der Waals surface area contributed by atoms with Crippen molar-refractivity contribution in [2.75, 3.05) is 12.4 Å². The highest BCUT2D eigenvalue weighted by molar-refractivity contribution is 6.31. The average Bonchev–Trinajstić information content (AvgIpc) is 2.37. The summed E-state index contributed by atoms with van der Waals surface area (Å²) in [4.78, 5) is 34.0. The lowest BCUT2D eigenvalue weighted by atomic mass is 10.1. The monoisotopic (exact) mass is 299 g/mol. The summed E-state index contributed by atoms with van der Waals surface area (Å²) in [5.41, 5.74) is 10.7. The Labute approximate surface area is 120 Å². The minimum absolute atomic E-state index is 0.122. The second-order valence-electron chi connectivity index (χ2n) is 3.95. The van der Waals surface area contributed by atoms with Crippen molar-refractivity contribution in [3.63, 3.8) is 0 Å². The molecule has 0 heterocycles. The third-order valence-electron chi connectivity index (χ3n) is 2.40. The molecular formula is C12H14ClN3O4. The molecule has 1 unspecified atom stereocenters. The first-order valence-corrected chi connectivity index (χ1v) is 5.95. The molecule has 5 N–H and O–H groups in total. The Balaban J connectivity index is 2.96. The van der Waals surface area contributed by atoms with Crippen LogP contribution < -0.4 is 16.8 Å². The van der Waals surface area contributed by atoms with Gasteiger partial charge in [0.2, 0.25) is 11.8 Å². The van der Waals surface area contributed by atoms with E-state index in [4.69, 9.17) is 23.1 Å². The van der Waals surface area contributed by atoms with Gasteiger partial charge in [-0.25, -0.2) is 4.79 Å². The topological polar surface area (TPSA) is 125 Å². The Bertz CT molecular complexity index is 548. The van der Waals surface area contributed by atoms with Gasteiger partial charge in [-0.05, 0) is 18.2 Å². The highest BCUT2D eigenvalue weighted by Gasteiger charge is 2.19. The predicted molar refractivity (Wildman–Crippen MR) is 73.2 cm³/mol. The third kappa shape index (κ3) is 4.22. The number of carbonyl (C=O) groups excluding carboxylic acids is 3. The molecule has 0 saturated heterocycles. The fourth-order valence-corrected chi connectivity index (χ4v) is 1.61. The smallest absolute Gasteiger partial charge is 0.339 e. The Morgan fingerprint density at radius 2 is 2.05 bits per heavy atom. The quantitative estimate of drug-likeness (QED) is 0.673. The number of nitrogens with two attached hydrogens (primary N) is 2. The summed E-state index contributed by atoms with van der Waals surface area (Å²) in [6.07, 6.45) is -0.306. The van der Waals surface area contributed by atoms with Crippen molar-refractivity contribution in [1.82, 2.24) is 0 Å². The largest absolute Gasteiger partial charge is 0.465 e. The molecule has 2 amide bonds. The predicted octanol–water partition coefficient (Wildman–Crippen LogP) is 0.268. The van der Waals surface area contributed by atoms with E-state index in [9.17, 15) is 14.4 Å². The summed E-state index contributed by atoms with van der Waals surface area (Å²) in [6.45, 7) is 0. The Morgan fingerprint density at radius 1 is 1.40 bits per heavy atom. The number of ether oxygens (including phenoxy) is 1. The van der Waals surface area contributed by atoms with Crippen molar-refractivity contribution >= 4 is 35.1 Å². The number of hydrogen-bond acceptors (Lipinski definition) is 5.